The SMILES string of the molecule is Clc1ccc(NCc2csc3c2CCNC3)nn1. The Morgan fingerprint density at radius 1 is 1.39 bits per heavy atom. The molecule has 0 atom stereocenters. The molecule has 2 aromatic rings. The minimum absolute atomic E-state index is 0.416. The van der Waals surface area contributed by atoms with E-state index in [2.05, 4.69) is 26.2 Å². The highest BCUT2D eigenvalue weighted by Crippen LogP contribution is 2.26. The van der Waals surface area contributed by atoms with Crippen LogP contribution in [0.2, 0.25) is 5.15 Å². The topological polar surface area (TPSA) is 49.8 Å². The molecule has 0 radical (unpaired) electrons. The van der Waals surface area contributed by atoms with Crippen LogP contribution in [0, 0.1) is 0 Å². The largest absolute Gasteiger partial charge is 0.364 e. The van der Waals surface area contributed by atoms with E-state index in [9.17, 15) is 0 Å². The molecule has 2 aromatic heterocycles. The van der Waals surface area contributed by atoms with Crippen molar-refractivity contribution in [1.82, 2.24) is 15.5 Å². The summed E-state index contributed by atoms with van der Waals surface area (Å²) in [4.78, 5) is 1.46. The van der Waals surface area contributed by atoms with Crippen molar-refractivity contribution < 1.29 is 0 Å². The monoisotopic (exact) mass is 280 g/mol. The average molecular weight is 281 g/mol. The first kappa shape index (κ1) is 11.9. The van der Waals surface area contributed by atoms with Crippen LogP contribution in [0.5, 0.6) is 0 Å². The zero-order valence-corrected chi connectivity index (χ0v) is 11.3. The fraction of sp³-hybridized carbons (Fsp3) is 0.333. The van der Waals surface area contributed by atoms with Crippen LogP contribution >= 0.6 is 22.9 Å². The molecule has 4 nitrogen and oxygen atoms in total. The van der Waals surface area contributed by atoms with Gasteiger partial charge in [-0.25, -0.2) is 0 Å². The number of hydrogen-bond acceptors (Lipinski definition) is 5. The third-order valence-corrected chi connectivity index (χ3v) is 4.28. The number of rotatable bonds is 3. The predicted molar refractivity (Wildman–Crippen MR) is 74.1 cm³/mol. The highest BCUT2D eigenvalue weighted by atomic mass is 35.5. The third-order valence-electron chi connectivity index (χ3n) is 3.00. The average Bonchev–Trinajstić information content (AvgIpc) is 2.82. The van der Waals surface area contributed by atoms with Crippen molar-refractivity contribution in [1.29, 1.82) is 0 Å². The molecule has 0 saturated heterocycles. The highest BCUT2D eigenvalue weighted by Gasteiger charge is 2.14. The second-order valence-corrected chi connectivity index (χ2v) is 5.54. The Morgan fingerprint density at radius 3 is 3.17 bits per heavy atom. The van der Waals surface area contributed by atoms with Crippen LogP contribution in [-0.2, 0) is 19.5 Å². The maximum absolute atomic E-state index is 5.70. The van der Waals surface area contributed by atoms with Gasteiger partial charge in [0.1, 0.15) is 5.82 Å². The smallest absolute Gasteiger partial charge is 0.151 e. The van der Waals surface area contributed by atoms with Gasteiger partial charge >= 0.3 is 0 Å². The molecule has 0 saturated carbocycles. The van der Waals surface area contributed by atoms with Crippen molar-refractivity contribution in [3.63, 3.8) is 0 Å². The summed E-state index contributed by atoms with van der Waals surface area (Å²) in [6, 6.07) is 3.58. The van der Waals surface area contributed by atoms with Crippen LogP contribution < -0.4 is 10.6 Å². The number of fused-ring (bicyclic) bond motifs is 1. The van der Waals surface area contributed by atoms with Gasteiger partial charge in [0, 0.05) is 18.0 Å². The van der Waals surface area contributed by atoms with Crippen molar-refractivity contribution >= 4 is 28.8 Å². The molecule has 0 amide bonds. The molecule has 0 bridgehead atoms. The molecule has 0 aliphatic carbocycles. The lowest BCUT2D eigenvalue weighted by molar-refractivity contribution is 0.651. The van der Waals surface area contributed by atoms with Gasteiger partial charge < -0.3 is 10.6 Å². The minimum atomic E-state index is 0.416. The molecule has 0 fully saturated rings. The molecule has 3 rings (SSSR count). The van der Waals surface area contributed by atoms with E-state index in [0.717, 1.165) is 31.9 Å². The highest BCUT2D eigenvalue weighted by molar-refractivity contribution is 7.10. The van der Waals surface area contributed by atoms with Gasteiger partial charge in [-0.15, -0.1) is 21.5 Å². The standard InChI is InChI=1S/C12H13ClN4S/c13-11-1-2-12(17-16-11)15-5-8-7-18-10-6-14-4-3-9(8)10/h1-2,7,14H,3-6H2,(H,15,17). The van der Waals surface area contributed by atoms with Crippen LogP contribution in [0.15, 0.2) is 17.5 Å². The Morgan fingerprint density at radius 2 is 2.33 bits per heavy atom. The van der Waals surface area contributed by atoms with Gasteiger partial charge in [0.05, 0.1) is 0 Å². The Hall–Kier alpha value is -1.17. The summed E-state index contributed by atoms with van der Waals surface area (Å²) in [7, 11) is 0. The molecule has 0 aromatic carbocycles. The molecular weight excluding hydrogens is 268 g/mol. The van der Waals surface area contributed by atoms with Crippen LogP contribution in [-0.4, -0.2) is 16.7 Å². The summed E-state index contributed by atoms with van der Waals surface area (Å²) in [5.74, 6) is 0.758. The lowest BCUT2D eigenvalue weighted by Gasteiger charge is -2.14. The number of nitrogens with zero attached hydrogens (tertiary/aromatic N) is 2. The molecule has 1 aliphatic rings. The van der Waals surface area contributed by atoms with E-state index < -0.39 is 0 Å². The summed E-state index contributed by atoms with van der Waals surface area (Å²) in [5.41, 5.74) is 2.86. The lowest BCUT2D eigenvalue weighted by Crippen LogP contribution is -2.22. The third kappa shape index (κ3) is 2.48. The summed E-state index contributed by atoms with van der Waals surface area (Å²) < 4.78 is 0. The summed E-state index contributed by atoms with van der Waals surface area (Å²) in [5, 5.41) is 17.1. The Labute approximate surface area is 114 Å². The van der Waals surface area contributed by atoms with Crippen molar-refractivity contribution in [2.45, 2.75) is 19.5 Å². The van der Waals surface area contributed by atoms with Crippen molar-refractivity contribution in [3.05, 3.63) is 38.7 Å². The van der Waals surface area contributed by atoms with E-state index in [1.54, 1.807) is 6.07 Å². The maximum Gasteiger partial charge on any atom is 0.151 e. The molecule has 2 N–H and O–H groups in total. The number of anilines is 1. The molecule has 3 heterocycles. The Bertz CT molecular complexity index is 538. The van der Waals surface area contributed by atoms with Gasteiger partial charge in [-0.05, 0) is 41.6 Å². The van der Waals surface area contributed by atoms with E-state index in [4.69, 9.17) is 11.6 Å². The second-order valence-electron chi connectivity index (χ2n) is 4.18. The predicted octanol–water partition coefficient (Wildman–Crippen LogP) is 2.45. The fourth-order valence-electron chi connectivity index (χ4n) is 2.07. The molecule has 6 heteroatoms. The number of hydrogen-bond donors (Lipinski definition) is 2. The first-order valence-corrected chi connectivity index (χ1v) is 7.10. The first-order valence-electron chi connectivity index (χ1n) is 5.85. The van der Waals surface area contributed by atoms with E-state index in [0.29, 0.717) is 5.15 Å². The minimum Gasteiger partial charge on any atom is -0.364 e. The normalized spacial score (nSPS) is 14.3. The van der Waals surface area contributed by atoms with Crippen molar-refractivity contribution in [3.8, 4) is 0 Å². The van der Waals surface area contributed by atoms with Gasteiger partial charge in [-0.2, -0.15) is 0 Å². The van der Waals surface area contributed by atoms with E-state index in [1.165, 1.54) is 16.0 Å². The van der Waals surface area contributed by atoms with Crippen LogP contribution in [0.3, 0.4) is 0 Å². The van der Waals surface area contributed by atoms with Gasteiger partial charge in [-0.3, -0.25) is 0 Å². The van der Waals surface area contributed by atoms with Crippen molar-refractivity contribution in [2.24, 2.45) is 0 Å². The van der Waals surface area contributed by atoms with E-state index in [1.807, 2.05) is 17.4 Å². The molecule has 0 spiro atoms. The number of halogens is 1. The van der Waals surface area contributed by atoms with Crippen LogP contribution in [0.1, 0.15) is 16.0 Å². The Kier molecular flexibility index (Phi) is 3.45. The molecular formula is C12H13ClN4S. The lowest BCUT2D eigenvalue weighted by atomic mass is 10.0. The zero-order chi connectivity index (χ0) is 12.4. The maximum atomic E-state index is 5.70. The first-order chi connectivity index (χ1) is 8.83. The summed E-state index contributed by atoms with van der Waals surface area (Å²) in [6.45, 7) is 2.86. The summed E-state index contributed by atoms with van der Waals surface area (Å²) >= 11 is 7.53. The molecule has 1 aliphatic heterocycles. The van der Waals surface area contributed by atoms with E-state index in [-0.39, 0.29) is 0 Å². The molecule has 0 unspecified atom stereocenters. The number of nitrogens with one attached hydrogen (secondary N) is 2. The Balaban J connectivity index is 1.70. The van der Waals surface area contributed by atoms with Gasteiger partial charge in [0.15, 0.2) is 5.15 Å². The summed E-state index contributed by atoms with van der Waals surface area (Å²) in [6.07, 6.45) is 1.11. The zero-order valence-electron chi connectivity index (χ0n) is 9.74. The van der Waals surface area contributed by atoms with Crippen molar-refractivity contribution in [2.75, 3.05) is 11.9 Å². The van der Waals surface area contributed by atoms with E-state index >= 15 is 0 Å². The second kappa shape index (κ2) is 5.22. The fourth-order valence-corrected chi connectivity index (χ4v) is 3.24. The quantitative estimate of drug-likeness (QED) is 0.907. The van der Waals surface area contributed by atoms with Crippen LogP contribution in [0.4, 0.5) is 5.82 Å². The van der Waals surface area contributed by atoms with Gasteiger partial charge in [-0.1, -0.05) is 11.6 Å². The molecule has 18 heavy (non-hydrogen) atoms. The van der Waals surface area contributed by atoms with Crippen LogP contribution in [0.25, 0.3) is 0 Å². The number of thiophene rings is 1. The molecule has 94 valence electrons. The van der Waals surface area contributed by atoms with Gasteiger partial charge in [0.2, 0.25) is 0 Å². The number of aromatic nitrogens is 2. The van der Waals surface area contributed by atoms with Gasteiger partial charge in [0.25, 0.3) is 0 Å².